The van der Waals surface area contributed by atoms with Gasteiger partial charge in [0.1, 0.15) is 17.7 Å². The highest BCUT2D eigenvalue weighted by molar-refractivity contribution is 6.16. The molecule has 5 aromatic rings. The normalized spacial score (nSPS) is 14.0. The van der Waals surface area contributed by atoms with Gasteiger partial charge in [0.15, 0.2) is 17.3 Å². The molecule has 1 fully saturated rings. The van der Waals surface area contributed by atoms with E-state index in [4.69, 9.17) is 19.3 Å². The van der Waals surface area contributed by atoms with Gasteiger partial charge in [-0.1, -0.05) is 42.5 Å². The van der Waals surface area contributed by atoms with Crippen LogP contribution in [0.25, 0.3) is 10.9 Å². The molecule has 1 saturated heterocycles. The minimum absolute atomic E-state index is 0.0495. The number of anilines is 1. The summed E-state index contributed by atoms with van der Waals surface area (Å²) in [6.45, 7) is 4.75. The fraction of sp³-hybridized carbons (Fsp3) is 0.300. The number of carbonyl (C=O) groups excluding carboxylic acids is 1. The van der Waals surface area contributed by atoms with Crippen molar-refractivity contribution in [1.29, 1.82) is 0 Å². The molecule has 1 N–H and O–H groups in total. The molecule has 1 aromatic heterocycles. The Bertz CT molecular complexity index is 1930. The monoisotopic (exact) mass is 679 g/mol. The van der Waals surface area contributed by atoms with E-state index < -0.39 is 5.97 Å². The Morgan fingerprint density at radius 1 is 0.820 bits per heavy atom. The summed E-state index contributed by atoms with van der Waals surface area (Å²) in [5.74, 6) is 0.423. The van der Waals surface area contributed by atoms with E-state index in [1.807, 2.05) is 47.0 Å². The number of carboxylic acid groups (broad SMARTS) is 1. The third-order valence-electron chi connectivity index (χ3n) is 9.27. The van der Waals surface area contributed by atoms with Gasteiger partial charge in [-0.25, -0.2) is 4.39 Å². The summed E-state index contributed by atoms with van der Waals surface area (Å²) >= 11 is 0. The predicted molar refractivity (Wildman–Crippen MR) is 191 cm³/mol. The second kappa shape index (κ2) is 15.9. The van der Waals surface area contributed by atoms with Crippen molar-refractivity contribution in [3.63, 3.8) is 0 Å². The van der Waals surface area contributed by atoms with Crippen LogP contribution in [0.15, 0.2) is 97.2 Å². The number of aliphatic carboxylic acids is 1. The van der Waals surface area contributed by atoms with Crippen LogP contribution in [0.3, 0.4) is 0 Å². The largest absolute Gasteiger partial charge is 0.495 e. The summed E-state index contributed by atoms with van der Waals surface area (Å²) in [5.41, 5.74) is 3.78. The molecule has 1 unspecified atom stereocenters. The van der Waals surface area contributed by atoms with Crippen LogP contribution >= 0.6 is 0 Å². The van der Waals surface area contributed by atoms with E-state index in [1.54, 1.807) is 50.7 Å². The number of para-hydroxylation sites is 3. The van der Waals surface area contributed by atoms with Crippen LogP contribution in [0.5, 0.6) is 17.2 Å². The Morgan fingerprint density at radius 3 is 2.28 bits per heavy atom. The summed E-state index contributed by atoms with van der Waals surface area (Å²) in [4.78, 5) is 29.7. The van der Waals surface area contributed by atoms with Gasteiger partial charge in [-0.3, -0.25) is 14.5 Å². The van der Waals surface area contributed by atoms with Crippen LogP contribution in [0, 0.1) is 5.82 Å². The van der Waals surface area contributed by atoms with Gasteiger partial charge in [0.25, 0.3) is 0 Å². The first kappa shape index (κ1) is 34.5. The molecule has 1 aliphatic heterocycles. The van der Waals surface area contributed by atoms with Crippen molar-refractivity contribution in [1.82, 2.24) is 9.47 Å². The molecule has 0 amide bonds. The number of ether oxygens (including phenoxy) is 3. The number of piperazine rings is 1. The fourth-order valence-corrected chi connectivity index (χ4v) is 6.60. The Balaban J connectivity index is 1.17. The molecule has 10 heteroatoms. The zero-order valence-corrected chi connectivity index (χ0v) is 28.4. The Labute approximate surface area is 291 Å². The number of hydrogen-bond acceptors (Lipinski definition) is 7. The second-order valence-electron chi connectivity index (χ2n) is 12.4. The minimum Gasteiger partial charge on any atom is -0.495 e. The average Bonchev–Trinajstić information content (AvgIpc) is 3.52. The molecule has 1 aliphatic rings. The van der Waals surface area contributed by atoms with E-state index in [1.165, 1.54) is 12.1 Å². The van der Waals surface area contributed by atoms with E-state index in [0.717, 1.165) is 60.6 Å². The summed E-state index contributed by atoms with van der Waals surface area (Å²) in [6.07, 6.45) is 2.57. The number of fused-ring (bicyclic) bond motifs is 1. The van der Waals surface area contributed by atoms with Crippen molar-refractivity contribution < 1.29 is 33.3 Å². The molecule has 0 aliphatic carbocycles. The van der Waals surface area contributed by atoms with Crippen molar-refractivity contribution in [3.8, 4) is 17.2 Å². The van der Waals surface area contributed by atoms with Gasteiger partial charge in [0.2, 0.25) is 0 Å². The molecule has 0 bridgehead atoms. The average molecular weight is 680 g/mol. The number of ketones is 1. The van der Waals surface area contributed by atoms with Crippen LogP contribution in [-0.4, -0.2) is 73.3 Å². The standard InChI is InChI=1S/C40H42FN3O6/c1-48-36-11-6-5-10-34(36)43-24-22-42(23-25-43)21-19-35(28-13-16-30(41)17-14-28)50-37-18-15-29(26-38(37)49-2)40(47)32-27-44(20-7-12-39(45)46)33-9-4-3-8-31(32)33/h3-6,8-11,13-18,26-27,35H,7,12,19-25H2,1-2H3,(H,45,46). The van der Waals surface area contributed by atoms with E-state index in [9.17, 15) is 14.0 Å². The van der Waals surface area contributed by atoms with Gasteiger partial charge in [-0.15, -0.1) is 0 Å². The third-order valence-corrected chi connectivity index (χ3v) is 9.27. The third kappa shape index (κ3) is 7.92. The number of carboxylic acids is 1. The minimum atomic E-state index is -0.850. The first-order chi connectivity index (χ1) is 24.3. The van der Waals surface area contributed by atoms with Gasteiger partial charge in [0, 0.05) is 80.3 Å². The van der Waals surface area contributed by atoms with E-state index in [-0.39, 0.29) is 24.1 Å². The lowest BCUT2D eigenvalue weighted by molar-refractivity contribution is -0.137. The fourth-order valence-electron chi connectivity index (χ4n) is 6.60. The maximum absolute atomic E-state index is 13.9. The Morgan fingerprint density at radius 2 is 1.54 bits per heavy atom. The van der Waals surface area contributed by atoms with Crippen molar-refractivity contribution in [2.75, 3.05) is 51.8 Å². The van der Waals surface area contributed by atoms with Gasteiger partial charge in [-0.05, 0) is 60.5 Å². The molecule has 0 spiro atoms. The summed E-state index contributed by atoms with van der Waals surface area (Å²) in [7, 11) is 3.23. The maximum Gasteiger partial charge on any atom is 0.303 e. The predicted octanol–water partition coefficient (Wildman–Crippen LogP) is 7.23. The lowest BCUT2D eigenvalue weighted by atomic mass is 10.0. The summed E-state index contributed by atoms with van der Waals surface area (Å²) in [6, 6.07) is 27.2. The molecule has 6 rings (SSSR count). The molecule has 0 radical (unpaired) electrons. The Kier molecular flexibility index (Phi) is 11.0. The smallest absolute Gasteiger partial charge is 0.303 e. The highest BCUT2D eigenvalue weighted by Gasteiger charge is 2.24. The number of hydrogen-bond donors (Lipinski definition) is 1. The van der Waals surface area contributed by atoms with Crippen LogP contribution in [0.2, 0.25) is 0 Å². The van der Waals surface area contributed by atoms with Crippen LogP contribution < -0.4 is 19.1 Å². The van der Waals surface area contributed by atoms with Gasteiger partial charge >= 0.3 is 5.97 Å². The first-order valence-corrected chi connectivity index (χ1v) is 16.9. The molecule has 4 aromatic carbocycles. The first-order valence-electron chi connectivity index (χ1n) is 16.9. The van der Waals surface area contributed by atoms with Crippen LogP contribution in [0.4, 0.5) is 10.1 Å². The lowest BCUT2D eigenvalue weighted by Gasteiger charge is -2.37. The molecule has 260 valence electrons. The van der Waals surface area contributed by atoms with Gasteiger partial charge in [-0.2, -0.15) is 0 Å². The van der Waals surface area contributed by atoms with Crippen molar-refractivity contribution >= 4 is 28.3 Å². The SMILES string of the molecule is COc1cc(C(=O)c2cn(CCCC(=O)O)c3ccccc23)ccc1OC(CCN1CCN(c2ccccc2OC)CC1)c1ccc(F)cc1. The number of aryl methyl sites for hydroxylation is 1. The number of nitrogens with zero attached hydrogens (tertiary/aromatic N) is 3. The molecule has 9 nitrogen and oxygen atoms in total. The topological polar surface area (TPSA) is 93.5 Å². The zero-order valence-electron chi connectivity index (χ0n) is 28.4. The van der Waals surface area contributed by atoms with Gasteiger partial charge < -0.3 is 28.8 Å². The van der Waals surface area contributed by atoms with Crippen LogP contribution in [0.1, 0.15) is 46.9 Å². The van der Waals surface area contributed by atoms with Gasteiger partial charge in [0.05, 0.1) is 19.9 Å². The number of halogens is 1. The maximum atomic E-state index is 13.9. The van der Waals surface area contributed by atoms with Crippen molar-refractivity contribution in [3.05, 3.63) is 120 Å². The number of aromatic nitrogens is 1. The molecule has 0 saturated carbocycles. The molecule has 1 atom stereocenters. The van der Waals surface area contributed by atoms with Crippen molar-refractivity contribution in [2.24, 2.45) is 0 Å². The number of benzene rings is 4. The van der Waals surface area contributed by atoms with E-state index in [0.29, 0.717) is 42.0 Å². The Hall–Kier alpha value is -5.35. The zero-order chi connectivity index (χ0) is 35.0. The number of rotatable bonds is 15. The number of carbonyl (C=O) groups is 2. The van der Waals surface area contributed by atoms with E-state index >= 15 is 0 Å². The highest BCUT2D eigenvalue weighted by Crippen LogP contribution is 2.35. The van der Waals surface area contributed by atoms with E-state index in [2.05, 4.69) is 15.9 Å². The lowest BCUT2D eigenvalue weighted by Crippen LogP contribution is -2.47. The van der Waals surface area contributed by atoms with Crippen molar-refractivity contribution in [2.45, 2.75) is 31.9 Å². The summed E-state index contributed by atoms with van der Waals surface area (Å²) in [5, 5.41) is 9.89. The molecular formula is C40H42FN3O6. The second-order valence-corrected chi connectivity index (χ2v) is 12.4. The molecule has 2 heterocycles. The molecular weight excluding hydrogens is 637 g/mol. The highest BCUT2D eigenvalue weighted by atomic mass is 19.1. The van der Waals surface area contributed by atoms with Crippen LogP contribution in [-0.2, 0) is 11.3 Å². The summed E-state index contributed by atoms with van der Waals surface area (Å²) < 4.78 is 33.8. The molecule has 50 heavy (non-hydrogen) atoms. The quantitative estimate of drug-likeness (QED) is 0.116. The number of methoxy groups -OCH3 is 2.